The summed E-state index contributed by atoms with van der Waals surface area (Å²) in [4.78, 5) is 4.54. The van der Waals surface area contributed by atoms with Gasteiger partial charge in [0.25, 0.3) is 0 Å². The number of hydrogen-bond acceptors (Lipinski definition) is 3. The summed E-state index contributed by atoms with van der Waals surface area (Å²) >= 11 is 0. The van der Waals surface area contributed by atoms with Gasteiger partial charge in [-0.25, -0.2) is 0 Å². The molecule has 1 aromatic carbocycles. The van der Waals surface area contributed by atoms with Crippen LogP contribution in [0.3, 0.4) is 0 Å². The molecule has 2 rings (SSSR count). The molecule has 0 bridgehead atoms. The number of rotatable bonds is 5. The third kappa shape index (κ3) is 2.52. The Morgan fingerprint density at radius 3 is 2.78 bits per heavy atom. The van der Waals surface area contributed by atoms with Crippen molar-refractivity contribution in [3.63, 3.8) is 0 Å². The predicted molar refractivity (Wildman–Crippen MR) is 75.9 cm³/mol. The second-order valence-corrected chi connectivity index (χ2v) is 4.83. The van der Waals surface area contributed by atoms with Crippen LogP contribution in [0.1, 0.15) is 38.4 Å². The molecule has 3 nitrogen and oxygen atoms in total. The van der Waals surface area contributed by atoms with Crippen molar-refractivity contribution in [3.05, 3.63) is 42.2 Å². The molecule has 2 atom stereocenters. The highest BCUT2D eigenvalue weighted by atomic mass is 15.2. The van der Waals surface area contributed by atoms with Crippen molar-refractivity contribution < 1.29 is 0 Å². The molecular weight excluding hydrogens is 222 g/mol. The van der Waals surface area contributed by atoms with E-state index in [1.165, 1.54) is 10.8 Å². The Kier molecular flexibility index (Phi) is 4.28. The summed E-state index contributed by atoms with van der Waals surface area (Å²) in [6.07, 6.45) is 4.16. The molecule has 18 heavy (non-hydrogen) atoms. The number of hydrazine groups is 1. The lowest BCUT2D eigenvalue weighted by atomic mass is 9.92. The van der Waals surface area contributed by atoms with Crippen LogP contribution in [0.2, 0.25) is 0 Å². The van der Waals surface area contributed by atoms with Gasteiger partial charge in [0.1, 0.15) is 0 Å². The van der Waals surface area contributed by atoms with Crippen LogP contribution in [-0.4, -0.2) is 4.98 Å². The molecule has 1 heterocycles. The van der Waals surface area contributed by atoms with Gasteiger partial charge in [-0.3, -0.25) is 16.3 Å². The van der Waals surface area contributed by atoms with Gasteiger partial charge < -0.3 is 0 Å². The van der Waals surface area contributed by atoms with Crippen LogP contribution in [0.25, 0.3) is 10.8 Å². The SMILES string of the molecule is CCCC(C)C(NN)c1nccc2ccccc12. The van der Waals surface area contributed by atoms with Gasteiger partial charge in [-0.2, -0.15) is 0 Å². The molecular formula is C15H21N3. The highest BCUT2D eigenvalue weighted by molar-refractivity contribution is 5.84. The Hall–Kier alpha value is -1.45. The summed E-state index contributed by atoms with van der Waals surface area (Å²) < 4.78 is 0. The molecule has 0 spiro atoms. The molecule has 3 heteroatoms. The number of benzene rings is 1. The zero-order chi connectivity index (χ0) is 13.0. The van der Waals surface area contributed by atoms with Crippen LogP contribution in [-0.2, 0) is 0 Å². The van der Waals surface area contributed by atoms with Crippen molar-refractivity contribution in [2.75, 3.05) is 0 Å². The standard InChI is InChI=1S/C15H21N3/c1-3-6-11(2)14(18-16)15-13-8-5-4-7-12(13)9-10-17-15/h4-5,7-11,14,18H,3,6,16H2,1-2H3. The van der Waals surface area contributed by atoms with Crippen LogP contribution in [0.4, 0.5) is 0 Å². The van der Waals surface area contributed by atoms with Crippen molar-refractivity contribution in [1.82, 2.24) is 10.4 Å². The number of aromatic nitrogens is 1. The lowest BCUT2D eigenvalue weighted by molar-refractivity contribution is 0.364. The fourth-order valence-electron chi connectivity index (χ4n) is 2.53. The molecule has 1 aromatic heterocycles. The third-order valence-electron chi connectivity index (χ3n) is 3.49. The molecule has 0 aliphatic heterocycles. The first kappa shape index (κ1) is 13.0. The van der Waals surface area contributed by atoms with E-state index >= 15 is 0 Å². The molecule has 0 saturated heterocycles. The van der Waals surface area contributed by atoms with Gasteiger partial charge in [-0.1, -0.05) is 44.5 Å². The maximum atomic E-state index is 5.74. The van der Waals surface area contributed by atoms with Gasteiger partial charge in [-0.15, -0.1) is 0 Å². The highest BCUT2D eigenvalue weighted by Crippen LogP contribution is 2.28. The first-order chi connectivity index (χ1) is 8.77. The van der Waals surface area contributed by atoms with Crippen LogP contribution in [0.5, 0.6) is 0 Å². The average molecular weight is 243 g/mol. The van der Waals surface area contributed by atoms with Crippen molar-refractivity contribution >= 4 is 10.8 Å². The number of fused-ring (bicyclic) bond motifs is 1. The summed E-state index contributed by atoms with van der Waals surface area (Å²) in [5.41, 5.74) is 3.98. The van der Waals surface area contributed by atoms with Crippen LogP contribution < -0.4 is 11.3 Å². The van der Waals surface area contributed by atoms with Gasteiger partial charge in [0, 0.05) is 11.6 Å². The van der Waals surface area contributed by atoms with E-state index in [9.17, 15) is 0 Å². The van der Waals surface area contributed by atoms with Gasteiger partial charge in [0.15, 0.2) is 0 Å². The molecule has 0 amide bonds. The number of nitrogens with zero attached hydrogens (tertiary/aromatic N) is 1. The maximum absolute atomic E-state index is 5.74. The van der Waals surface area contributed by atoms with Gasteiger partial charge >= 0.3 is 0 Å². The summed E-state index contributed by atoms with van der Waals surface area (Å²) in [5.74, 6) is 6.21. The Morgan fingerprint density at radius 2 is 2.06 bits per heavy atom. The maximum Gasteiger partial charge on any atom is 0.0667 e. The van der Waals surface area contributed by atoms with Crippen molar-refractivity contribution in [3.8, 4) is 0 Å². The van der Waals surface area contributed by atoms with E-state index < -0.39 is 0 Å². The minimum absolute atomic E-state index is 0.107. The topological polar surface area (TPSA) is 50.9 Å². The molecule has 0 aliphatic carbocycles. The van der Waals surface area contributed by atoms with Crippen molar-refractivity contribution in [2.45, 2.75) is 32.7 Å². The second-order valence-electron chi connectivity index (χ2n) is 4.83. The van der Waals surface area contributed by atoms with Crippen molar-refractivity contribution in [1.29, 1.82) is 0 Å². The normalized spacial score (nSPS) is 14.6. The Bertz CT molecular complexity index is 505. The molecule has 2 aromatic rings. The summed E-state index contributed by atoms with van der Waals surface area (Å²) in [5, 5.41) is 2.40. The quantitative estimate of drug-likeness (QED) is 0.626. The Morgan fingerprint density at radius 1 is 1.28 bits per heavy atom. The number of nitrogens with one attached hydrogen (secondary N) is 1. The van der Waals surface area contributed by atoms with E-state index in [-0.39, 0.29) is 6.04 Å². The molecule has 96 valence electrons. The zero-order valence-corrected chi connectivity index (χ0v) is 11.1. The van der Waals surface area contributed by atoms with E-state index in [2.05, 4.69) is 36.4 Å². The Balaban J connectivity index is 2.44. The van der Waals surface area contributed by atoms with E-state index in [1.54, 1.807) is 0 Å². The molecule has 0 fully saturated rings. The molecule has 3 N–H and O–H groups in total. The number of pyridine rings is 1. The number of hydrogen-bond donors (Lipinski definition) is 2. The van der Waals surface area contributed by atoms with Gasteiger partial charge in [-0.05, 0) is 23.8 Å². The smallest absolute Gasteiger partial charge is 0.0667 e. The summed E-state index contributed by atoms with van der Waals surface area (Å²) in [6.45, 7) is 4.41. The molecule has 0 radical (unpaired) electrons. The van der Waals surface area contributed by atoms with Crippen LogP contribution in [0, 0.1) is 5.92 Å². The van der Waals surface area contributed by atoms with Gasteiger partial charge in [0.05, 0.1) is 11.7 Å². The molecule has 2 unspecified atom stereocenters. The lowest BCUT2D eigenvalue weighted by Gasteiger charge is -2.23. The third-order valence-corrected chi connectivity index (χ3v) is 3.49. The first-order valence-electron chi connectivity index (χ1n) is 6.57. The monoisotopic (exact) mass is 243 g/mol. The molecule has 0 saturated carbocycles. The van der Waals surface area contributed by atoms with E-state index in [1.807, 2.05) is 24.4 Å². The highest BCUT2D eigenvalue weighted by Gasteiger charge is 2.20. The average Bonchev–Trinajstić information content (AvgIpc) is 2.40. The van der Waals surface area contributed by atoms with E-state index in [0.29, 0.717) is 5.92 Å². The fourth-order valence-corrected chi connectivity index (χ4v) is 2.53. The number of nitrogens with two attached hydrogens (primary N) is 1. The van der Waals surface area contributed by atoms with E-state index in [0.717, 1.165) is 18.5 Å². The fraction of sp³-hybridized carbons (Fsp3) is 0.400. The summed E-state index contributed by atoms with van der Waals surface area (Å²) in [7, 11) is 0. The van der Waals surface area contributed by atoms with Crippen LogP contribution >= 0.6 is 0 Å². The van der Waals surface area contributed by atoms with Gasteiger partial charge in [0.2, 0.25) is 0 Å². The van der Waals surface area contributed by atoms with Crippen LogP contribution in [0.15, 0.2) is 36.5 Å². The Labute approximate surface area is 108 Å². The van der Waals surface area contributed by atoms with E-state index in [4.69, 9.17) is 5.84 Å². The largest absolute Gasteiger partial charge is 0.271 e. The van der Waals surface area contributed by atoms with Crippen molar-refractivity contribution in [2.24, 2.45) is 11.8 Å². The summed E-state index contributed by atoms with van der Waals surface area (Å²) in [6, 6.07) is 10.5. The first-order valence-corrected chi connectivity index (χ1v) is 6.57. The predicted octanol–water partition coefficient (Wildman–Crippen LogP) is 3.18. The minimum Gasteiger partial charge on any atom is -0.271 e. The second kappa shape index (κ2) is 5.94. The molecule has 0 aliphatic rings. The zero-order valence-electron chi connectivity index (χ0n) is 11.1. The minimum atomic E-state index is 0.107. The lowest BCUT2D eigenvalue weighted by Crippen LogP contribution is -2.33.